The second-order valence-electron chi connectivity index (χ2n) is 7.02. The fraction of sp³-hybridized carbons (Fsp3) is 0.938. The predicted octanol–water partition coefficient (Wildman–Crippen LogP) is 1.45. The van der Waals surface area contributed by atoms with Crippen LogP contribution in [-0.4, -0.2) is 54.0 Å². The Kier molecular flexibility index (Phi) is 4.32. The van der Waals surface area contributed by atoms with Gasteiger partial charge in [-0.25, -0.2) is 0 Å². The Morgan fingerprint density at radius 2 is 1.95 bits per heavy atom. The normalized spacial score (nSPS) is 38.8. The van der Waals surface area contributed by atoms with Gasteiger partial charge in [-0.3, -0.25) is 9.69 Å². The predicted molar refractivity (Wildman–Crippen MR) is 80.3 cm³/mol. The van der Waals surface area contributed by atoms with Gasteiger partial charge in [-0.05, 0) is 51.6 Å². The largest absolute Gasteiger partial charge is 0.337 e. The number of carbonyl (C=O) groups is 1. The first-order valence-corrected chi connectivity index (χ1v) is 8.45. The lowest BCUT2D eigenvalue weighted by molar-refractivity contribution is -0.144. The Morgan fingerprint density at radius 1 is 1.15 bits per heavy atom. The van der Waals surface area contributed by atoms with Gasteiger partial charge in [0.25, 0.3) is 0 Å². The van der Waals surface area contributed by atoms with Crippen molar-refractivity contribution in [3.05, 3.63) is 0 Å². The van der Waals surface area contributed by atoms with E-state index >= 15 is 0 Å². The summed E-state index contributed by atoms with van der Waals surface area (Å²) < 4.78 is 0. The van der Waals surface area contributed by atoms with Crippen LogP contribution < -0.4 is 5.73 Å². The van der Waals surface area contributed by atoms with E-state index in [-0.39, 0.29) is 5.92 Å². The van der Waals surface area contributed by atoms with Crippen LogP contribution >= 0.6 is 0 Å². The summed E-state index contributed by atoms with van der Waals surface area (Å²) in [5.41, 5.74) is 5.90. The molecule has 4 heteroatoms. The molecule has 0 aromatic rings. The number of nitrogens with two attached hydrogens (primary N) is 1. The minimum absolute atomic E-state index is 0.198. The van der Waals surface area contributed by atoms with Crippen LogP contribution in [0.2, 0.25) is 0 Å². The van der Waals surface area contributed by atoms with Crippen LogP contribution in [0.1, 0.15) is 45.4 Å². The van der Waals surface area contributed by atoms with Crippen molar-refractivity contribution in [1.29, 1.82) is 0 Å². The number of rotatable bonds is 2. The number of hydrogen-bond acceptors (Lipinski definition) is 3. The maximum atomic E-state index is 13.0. The Labute approximate surface area is 122 Å². The van der Waals surface area contributed by atoms with Crippen molar-refractivity contribution in [2.75, 3.05) is 26.2 Å². The van der Waals surface area contributed by atoms with Crippen molar-refractivity contribution in [2.45, 2.75) is 57.5 Å². The number of carbonyl (C=O) groups excluding carboxylic acids is 1. The SMILES string of the molecule is CC1CN2CCCC2CN1C(=O)C1CCCCC1CN. The molecule has 2 aliphatic heterocycles. The molecule has 4 unspecified atom stereocenters. The van der Waals surface area contributed by atoms with E-state index in [1.54, 1.807) is 0 Å². The van der Waals surface area contributed by atoms with Crippen molar-refractivity contribution in [1.82, 2.24) is 9.80 Å². The van der Waals surface area contributed by atoms with E-state index in [0.29, 0.717) is 30.5 Å². The molecule has 3 fully saturated rings. The smallest absolute Gasteiger partial charge is 0.226 e. The second-order valence-corrected chi connectivity index (χ2v) is 7.02. The number of amides is 1. The molecular weight excluding hydrogens is 250 g/mol. The summed E-state index contributed by atoms with van der Waals surface area (Å²) in [7, 11) is 0. The van der Waals surface area contributed by atoms with Gasteiger partial charge in [0.05, 0.1) is 0 Å². The molecular formula is C16H29N3O. The van der Waals surface area contributed by atoms with Crippen molar-refractivity contribution in [3.8, 4) is 0 Å². The minimum Gasteiger partial charge on any atom is -0.337 e. The molecule has 0 spiro atoms. The fourth-order valence-electron chi connectivity index (χ4n) is 4.52. The summed E-state index contributed by atoms with van der Waals surface area (Å²) in [6.07, 6.45) is 7.21. The van der Waals surface area contributed by atoms with Crippen molar-refractivity contribution in [3.63, 3.8) is 0 Å². The average Bonchev–Trinajstić information content (AvgIpc) is 2.92. The van der Waals surface area contributed by atoms with Gasteiger partial charge in [-0.2, -0.15) is 0 Å². The standard InChI is InChI=1S/C16H29N3O/c1-12-10-18-8-4-6-14(18)11-19(12)16(20)15-7-3-2-5-13(15)9-17/h12-15H,2-11,17H2,1H3. The highest BCUT2D eigenvalue weighted by Gasteiger charge is 2.40. The van der Waals surface area contributed by atoms with Gasteiger partial charge in [0, 0.05) is 31.1 Å². The molecule has 1 amide bonds. The minimum atomic E-state index is 0.198. The molecule has 4 nitrogen and oxygen atoms in total. The van der Waals surface area contributed by atoms with Crippen LogP contribution in [0.4, 0.5) is 0 Å². The molecule has 0 aromatic carbocycles. The zero-order valence-corrected chi connectivity index (χ0v) is 12.8. The van der Waals surface area contributed by atoms with Crippen LogP contribution in [0.15, 0.2) is 0 Å². The zero-order valence-electron chi connectivity index (χ0n) is 12.8. The lowest BCUT2D eigenvalue weighted by atomic mass is 9.78. The van der Waals surface area contributed by atoms with E-state index in [0.717, 1.165) is 25.9 Å². The van der Waals surface area contributed by atoms with Gasteiger partial charge in [0.1, 0.15) is 0 Å². The Hall–Kier alpha value is -0.610. The number of nitrogens with zero attached hydrogens (tertiary/aromatic N) is 2. The number of fused-ring (bicyclic) bond motifs is 1. The Morgan fingerprint density at radius 3 is 2.75 bits per heavy atom. The highest BCUT2D eigenvalue weighted by molar-refractivity contribution is 5.79. The van der Waals surface area contributed by atoms with Crippen LogP contribution in [0.3, 0.4) is 0 Å². The van der Waals surface area contributed by atoms with Gasteiger partial charge in [-0.1, -0.05) is 12.8 Å². The van der Waals surface area contributed by atoms with Gasteiger partial charge in [0.2, 0.25) is 5.91 Å². The van der Waals surface area contributed by atoms with Crippen molar-refractivity contribution >= 4 is 5.91 Å². The molecule has 2 saturated heterocycles. The van der Waals surface area contributed by atoms with E-state index in [9.17, 15) is 4.79 Å². The van der Waals surface area contributed by atoms with Crippen molar-refractivity contribution in [2.24, 2.45) is 17.6 Å². The molecule has 1 saturated carbocycles. The first-order chi connectivity index (χ1) is 9.70. The van der Waals surface area contributed by atoms with Crippen molar-refractivity contribution < 1.29 is 4.79 Å². The fourth-order valence-corrected chi connectivity index (χ4v) is 4.52. The zero-order chi connectivity index (χ0) is 14.1. The molecule has 2 N–H and O–H groups in total. The van der Waals surface area contributed by atoms with E-state index in [4.69, 9.17) is 5.73 Å². The van der Waals surface area contributed by atoms with Gasteiger partial charge in [-0.15, -0.1) is 0 Å². The summed E-state index contributed by atoms with van der Waals surface area (Å²) in [4.78, 5) is 17.7. The summed E-state index contributed by atoms with van der Waals surface area (Å²) in [5, 5.41) is 0. The average molecular weight is 279 g/mol. The summed E-state index contributed by atoms with van der Waals surface area (Å²) >= 11 is 0. The molecule has 20 heavy (non-hydrogen) atoms. The van der Waals surface area contributed by atoms with Crippen LogP contribution in [0, 0.1) is 11.8 Å². The van der Waals surface area contributed by atoms with Gasteiger partial charge < -0.3 is 10.6 Å². The second kappa shape index (κ2) is 6.02. The van der Waals surface area contributed by atoms with E-state index < -0.39 is 0 Å². The molecule has 0 bridgehead atoms. The number of piperazine rings is 1. The molecule has 3 aliphatic rings. The van der Waals surface area contributed by atoms with E-state index in [1.807, 2.05) is 0 Å². The van der Waals surface area contributed by atoms with Crippen LogP contribution in [0.5, 0.6) is 0 Å². The summed E-state index contributed by atoms with van der Waals surface area (Å²) in [5.74, 6) is 1.02. The summed E-state index contributed by atoms with van der Waals surface area (Å²) in [6, 6.07) is 0.993. The maximum absolute atomic E-state index is 13.0. The molecule has 0 radical (unpaired) electrons. The first-order valence-electron chi connectivity index (χ1n) is 8.45. The van der Waals surface area contributed by atoms with Gasteiger partial charge in [0.15, 0.2) is 0 Å². The Bertz CT molecular complexity index is 360. The highest BCUT2D eigenvalue weighted by Crippen LogP contribution is 2.33. The van der Waals surface area contributed by atoms with Crippen LogP contribution in [0.25, 0.3) is 0 Å². The highest BCUT2D eigenvalue weighted by atomic mass is 16.2. The quantitative estimate of drug-likeness (QED) is 0.832. The maximum Gasteiger partial charge on any atom is 0.226 e. The van der Waals surface area contributed by atoms with E-state index in [2.05, 4.69) is 16.7 Å². The molecule has 2 heterocycles. The molecule has 4 atom stereocenters. The third-order valence-electron chi connectivity index (χ3n) is 5.75. The molecule has 114 valence electrons. The molecule has 0 aromatic heterocycles. The van der Waals surface area contributed by atoms with E-state index in [1.165, 1.54) is 32.2 Å². The third kappa shape index (κ3) is 2.60. The molecule has 1 aliphatic carbocycles. The third-order valence-corrected chi connectivity index (χ3v) is 5.75. The molecule has 3 rings (SSSR count). The lowest BCUT2D eigenvalue weighted by Crippen LogP contribution is -2.58. The Balaban J connectivity index is 1.69. The first kappa shape index (κ1) is 14.3. The summed E-state index contributed by atoms with van der Waals surface area (Å²) in [6.45, 7) is 6.14. The van der Waals surface area contributed by atoms with Crippen LogP contribution in [-0.2, 0) is 4.79 Å². The number of hydrogen-bond donors (Lipinski definition) is 1. The lowest BCUT2D eigenvalue weighted by Gasteiger charge is -2.45. The topological polar surface area (TPSA) is 49.6 Å². The van der Waals surface area contributed by atoms with Gasteiger partial charge >= 0.3 is 0 Å². The monoisotopic (exact) mass is 279 g/mol.